The second-order valence-corrected chi connectivity index (χ2v) is 7.39. The van der Waals surface area contributed by atoms with Gasteiger partial charge < -0.3 is 5.32 Å². The first-order valence-corrected chi connectivity index (χ1v) is 9.07. The number of nitrogens with one attached hydrogen (secondary N) is 1. The van der Waals surface area contributed by atoms with Crippen molar-refractivity contribution < 1.29 is 4.79 Å². The summed E-state index contributed by atoms with van der Waals surface area (Å²) in [6.45, 7) is 2.02. The molecule has 3 aromatic rings. The van der Waals surface area contributed by atoms with Gasteiger partial charge in [-0.25, -0.2) is 9.67 Å². The molecule has 1 amide bonds. The van der Waals surface area contributed by atoms with Gasteiger partial charge in [0.25, 0.3) is 0 Å². The molecule has 0 aliphatic heterocycles. The van der Waals surface area contributed by atoms with E-state index in [4.69, 9.17) is 0 Å². The summed E-state index contributed by atoms with van der Waals surface area (Å²) in [5, 5.41) is 15.8. The number of thiazole rings is 1. The molecule has 4 rings (SSSR count). The van der Waals surface area contributed by atoms with Crippen molar-refractivity contribution in [2.45, 2.75) is 31.0 Å². The predicted molar refractivity (Wildman–Crippen MR) is 89.8 cm³/mol. The smallest absolute Gasteiger partial charge is 0.236 e. The minimum Gasteiger partial charge on any atom is -0.301 e. The minimum absolute atomic E-state index is 0.0999. The number of rotatable bonds is 5. The number of aromatic nitrogens is 5. The van der Waals surface area contributed by atoms with Gasteiger partial charge in [-0.3, -0.25) is 4.79 Å². The van der Waals surface area contributed by atoms with Gasteiger partial charge in [-0.1, -0.05) is 35.2 Å². The zero-order valence-corrected chi connectivity index (χ0v) is 14.0. The van der Waals surface area contributed by atoms with Gasteiger partial charge in [0.1, 0.15) is 0 Å². The highest BCUT2D eigenvalue weighted by Crippen LogP contribution is 2.36. The summed E-state index contributed by atoms with van der Waals surface area (Å²) in [5.74, 6) is 0.166. The lowest BCUT2D eigenvalue weighted by atomic mass is 10.2. The fraction of sp³-hybridized carbons (Fsp3) is 0.357. The average molecular weight is 346 g/mol. The number of tetrazole rings is 1. The van der Waals surface area contributed by atoms with Crippen LogP contribution in [0.4, 0.5) is 5.13 Å². The first-order valence-electron chi connectivity index (χ1n) is 7.27. The van der Waals surface area contributed by atoms with Crippen LogP contribution in [0.15, 0.2) is 23.4 Å². The van der Waals surface area contributed by atoms with Gasteiger partial charge in [-0.2, -0.15) is 0 Å². The Labute approximate surface area is 140 Å². The van der Waals surface area contributed by atoms with Crippen LogP contribution in [-0.4, -0.2) is 36.9 Å². The number of benzene rings is 1. The van der Waals surface area contributed by atoms with Gasteiger partial charge in [-0.05, 0) is 41.8 Å². The highest BCUT2D eigenvalue weighted by molar-refractivity contribution is 7.99. The molecule has 0 saturated heterocycles. The summed E-state index contributed by atoms with van der Waals surface area (Å²) in [6.07, 6.45) is 2.21. The minimum atomic E-state index is -0.0999. The van der Waals surface area contributed by atoms with E-state index in [1.807, 2.05) is 25.1 Å². The molecule has 1 saturated carbocycles. The van der Waals surface area contributed by atoms with Gasteiger partial charge in [0.2, 0.25) is 11.1 Å². The van der Waals surface area contributed by atoms with Crippen LogP contribution in [0.25, 0.3) is 10.2 Å². The van der Waals surface area contributed by atoms with Crippen LogP contribution in [0.1, 0.15) is 24.4 Å². The number of nitrogens with zero attached hydrogens (tertiary/aromatic N) is 5. The fourth-order valence-electron chi connectivity index (χ4n) is 2.25. The van der Waals surface area contributed by atoms with E-state index in [2.05, 4.69) is 25.8 Å². The van der Waals surface area contributed by atoms with Crippen LogP contribution in [0.2, 0.25) is 0 Å². The SMILES string of the molecule is Cc1cccc2sc(NC(=O)CSc3nnnn3C3CC3)nc12. The Bertz CT molecular complexity index is 869. The third-order valence-electron chi connectivity index (χ3n) is 3.55. The Morgan fingerprint density at radius 2 is 2.35 bits per heavy atom. The lowest BCUT2D eigenvalue weighted by molar-refractivity contribution is -0.113. The number of anilines is 1. The largest absolute Gasteiger partial charge is 0.301 e. The standard InChI is InChI=1S/C14H14N6OS2/c1-8-3-2-4-10-12(8)16-13(23-10)15-11(21)7-22-14-17-18-19-20(14)9-5-6-9/h2-4,9H,5-7H2,1H3,(H,15,16,21). The molecule has 2 aromatic heterocycles. The molecule has 7 nitrogen and oxygen atoms in total. The van der Waals surface area contributed by atoms with Crippen LogP contribution in [-0.2, 0) is 4.79 Å². The van der Waals surface area contributed by atoms with Crippen LogP contribution >= 0.6 is 23.1 Å². The molecule has 0 bridgehead atoms. The molecule has 1 fully saturated rings. The van der Waals surface area contributed by atoms with E-state index in [1.165, 1.54) is 23.1 Å². The van der Waals surface area contributed by atoms with Crippen molar-refractivity contribution in [3.8, 4) is 0 Å². The van der Waals surface area contributed by atoms with E-state index in [9.17, 15) is 4.79 Å². The van der Waals surface area contributed by atoms with E-state index in [-0.39, 0.29) is 11.7 Å². The van der Waals surface area contributed by atoms with Crippen LogP contribution < -0.4 is 5.32 Å². The van der Waals surface area contributed by atoms with Crippen LogP contribution in [0, 0.1) is 6.92 Å². The van der Waals surface area contributed by atoms with Gasteiger partial charge in [0, 0.05) is 0 Å². The van der Waals surface area contributed by atoms with Gasteiger partial charge in [-0.15, -0.1) is 5.10 Å². The summed E-state index contributed by atoms with van der Waals surface area (Å²) < 4.78 is 2.88. The predicted octanol–water partition coefficient (Wildman–Crippen LogP) is 2.66. The molecule has 0 atom stereocenters. The number of fused-ring (bicyclic) bond motifs is 1. The second kappa shape index (κ2) is 5.89. The topological polar surface area (TPSA) is 85.6 Å². The van der Waals surface area contributed by atoms with Gasteiger partial charge in [0.15, 0.2) is 5.13 Å². The molecule has 1 aliphatic carbocycles. The Morgan fingerprint density at radius 1 is 1.48 bits per heavy atom. The molecule has 2 heterocycles. The highest BCUT2D eigenvalue weighted by atomic mass is 32.2. The number of para-hydroxylation sites is 1. The van der Waals surface area contributed by atoms with E-state index in [1.54, 1.807) is 4.68 Å². The maximum absolute atomic E-state index is 12.1. The van der Waals surface area contributed by atoms with Crippen molar-refractivity contribution in [1.82, 2.24) is 25.2 Å². The number of hydrogen-bond acceptors (Lipinski definition) is 7. The van der Waals surface area contributed by atoms with E-state index in [0.29, 0.717) is 16.3 Å². The number of hydrogen-bond donors (Lipinski definition) is 1. The summed E-state index contributed by atoms with van der Waals surface area (Å²) in [4.78, 5) is 16.6. The van der Waals surface area contributed by atoms with E-state index in [0.717, 1.165) is 28.6 Å². The molecule has 9 heteroatoms. The van der Waals surface area contributed by atoms with Crippen molar-refractivity contribution >= 4 is 44.4 Å². The zero-order chi connectivity index (χ0) is 15.8. The molecular weight excluding hydrogens is 332 g/mol. The molecule has 118 valence electrons. The third-order valence-corrected chi connectivity index (χ3v) is 5.42. The summed E-state index contributed by atoms with van der Waals surface area (Å²) in [7, 11) is 0. The summed E-state index contributed by atoms with van der Waals surface area (Å²) in [5.41, 5.74) is 2.05. The van der Waals surface area contributed by atoms with Gasteiger partial charge >= 0.3 is 0 Å². The molecule has 1 aliphatic rings. The molecule has 0 spiro atoms. The molecule has 1 N–H and O–H groups in total. The lowest BCUT2D eigenvalue weighted by Crippen LogP contribution is -2.14. The number of amides is 1. The van der Waals surface area contributed by atoms with E-state index >= 15 is 0 Å². The normalized spacial score (nSPS) is 14.3. The maximum atomic E-state index is 12.1. The monoisotopic (exact) mass is 346 g/mol. The van der Waals surface area contributed by atoms with Crippen molar-refractivity contribution in [2.75, 3.05) is 11.1 Å². The van der Waals surface area contributed by atoms with Crippen LogP contribution in [0.3, 0.4) is 0 Å². The quantitative estimate of drug-likeness (QED) is 0.715. The average Bonchev–Trinajstić information content (AvgIpc) is 3.11. The summed E-state index contributed by atoms with van der Waals surface area (Å²) >= 11 is 2.83. The second-order valence-electron chi connectivity index (χ2n) is 5.41. The molecule has 0 unspecified atom stereocenters. The number of carbonyl (C=O) groups is 1. The van der Waals surface area contributed by atoms with E-state index < -0.39 is 0 Å². The first kappa shape index (κ1) is 14.6. The highest BCUT2D eigenvalue weighted by Gasteiger charge is 2.28. The molecule has 0 radical (unpaired) electrons. The number of carbonyl (C=O) groups excluding carboxylic acids is 1. The molecule has 23 heavy (non-hydrogen) atoms. The molecular formula is C14H14N6OS2. The van der Waals surface area contributed by atoms with Crippen molar-refractivity contribution in [3.63, 3.8) is 0 Å². The maximum Gasteiger partial charge on any atom is 0.236 e. The Hall–Kier alpha value is -2.00. The Kier molecular flexibility index (Phi) is 3.74. The van der Waals surface area contributed by atoms with Crippen molar-refractivity contribution in [1.29, 1.82) is 0 Å². The lowest BCUT2D eigenvalue weighted by Gasteiger charge is -2.02. The number of aryl methyl sites for hydroxylation is 1. The Morgan fingerprint density at radius 3 is 3.13 bits per heavy atom. The fourth-order valence-corrected chi connectivity index (χ4v) is 3.96. The summed E-state index contributed by atoms with van der Waals surface area (Å²) in [6, 6.07) is 6.42. The van der Waals surface area contributed by atoms with Crippen LogP contribution in [0.5, 0.6) is 0 Å². The number of thioether (sulfide) groups is 1. The third kappa shape index (κ3) is 3.06. The molecule has 1 aromatic carbocycles. The Balaban J connectivity index is 1.41. The first-order chi connectivity index (χ1) is 11.2. The van der Waals surface area contributed by atoms with Gasteiger partial charge in [0.05, 0.1) is 22.0 Å². The zero-order valence-electron chi connectivity index (χ0n) is 12.4. The van der Waals surface area contributed by atoms with Crippen molar-refractivity contribution in [3.05, 3.63) is 23.8 Å². The van der Waals surface area contributed by atoms with Crippen molar-refractivity contribution in [2.24, 2.45) is 0 Å².